The summed E-state index contributed by atoms with van der Waals surface area (Å²) in [6.07, 6.45) is 9.40. The first-order valence-corrected chi connectivity index (χ1v) is 22.9. The second-order valence-electron chi connectivity index (χ2n) is 17.0. The summed E-state index contributed by atoms with van der Waals surface area (Å²) < 4.78 is 1.92. The van der Waals surface area contributed by atoms with Crippen molar-refractivity contribution in [2.75, 3.05) is 0 Å². The number of rotatable bonds is 13. The topological polar surface area (TPSA) is 43.6 Å². The van der Waals surface area contributed by atoms with Gasteiger partial charge < -0.3 is 9.97 Å². The van der Waals surface area contributed by atoms with E-state index in [0.29, 0.717) is 0 Å². The van der Waals surface area contributed by atoms with Crippen LogP contribution in [-0.4, -0.2) is 19.7 Å². The summed E-state index contributed by atoms with van der Waals surface area (Å²) >= 11 is 0. The van der Waals surface area contributed by atoms with Gasteiger partial charge in [-0.05, 0) is 92.6 Å². The molecular formula is C63H45IrN4. The Morgan fingerprint density at radius 3 is 1.65 bits per heavy atom. The SMILES string of the molecule is [Ir+3].[c-]1cc(CCc2cc(CCc3c[c-]c(-n4cc5ccccc5n4)cc3)cc(-c3ccccc3-c3c[c-]c(-c4cc(-c5ccc(-c6ccccc6)cc5)ccn4)cc3)c2)ccc1-c1ccccn1. The van der Waals surface area contributed by atoms with E-state index in [2.05, 4.69) is 193 Å². The number of fused-ring (bicyclic) bond motifs is 1. The summed E-state index contributed by atoms with van der Waals surface area (Å²) in [6.45, 7) is 0. The molecule has 0 unspecified atom stereocenters. The van der Waals surface area contributed by atoms with E-state index in [0.717, 1.165) is 81.5 Å². The molecule has 0 amide bonds. The van der Waals surface area contributed by atoms with Gasteiger partial charge in [0.25, 0.3) is 0 Å². The summed E-state index contributed by atoms with van der Waals surface area (Å²) in [5, 5.41) is 5.88. The molecule has 0 radical (unpaired) electrons. The first-order valence-electron chi connectivity index (χ1n) is 22.9. The number of pyridine rings is 2. The molecular weight excluding hydrogens is 1000 g/mol. The van der Waals surface area contributed by atoms with Crippen LogP contribution in [0.1, 0.15) is 22.3 Å². The Morgan fingerprint density at radius 1 is 0.382 bits per heavy atom. The van der Waals surface area contributed by atoms with Gasteiger partial charge in [0.05, 0.1) is 5.52 Å². The second kappa shape index (κ2) is 20.4. The molecule has 326 valence electrons. The second-order valence-corrected chi connectivity index (χ2v) is 17.0. The van der Waals surface area contributed by atoms with Crippen LogP contribution in [0.2, 0.25) is 0 Å². The number of benzene rings is 8. The molecule has 0 aliphatic carbocycles. The third kappa shape index (κ3) is 9.96. The molecule has 0 N–H and O–H groups in total. The molecule has 0 bridgehead atoms. The van der Waals surface area contributed by atoms with Crippen molar-refractivity contribution in [3.8, 4) is 72.7 Å². The number of aryl methyl sites for hydroxylation is 4. The van der Waals surface area contributed by atoms with Crippen LogP contribution in [0.15, 0.2) is 225 Å². The van der Waals surface area contributed by atoms with Crippen LogP contribution in [0.25, 0.3) is 83.6 Å². The molecule has 0 saturated carbocycles. The van der Waals surface area contributed by atoms with Gasteiger partial charge in [-0.2, -0.15) is 28.9 Å². The summed E-state index contributed by atoms with van der Waals surface area (Å²) in [7, 11) is 0. The third-order valence-electron chi connectivity index (χ3n) is 12.5. The summed E-state index contributed by atoms with van der Waals surface area (Å²) in [4.78, 5) is 9.28. The first kappa shape index (κ1) is 44.0. The molecule has 0 atom stereocenters. The monoisotopic (exact) mass is 1050 g/mol. The Kier molecular flexibility index (Phi) is 13.2. The molecule has 5 heteroatoms. The Morgan fingerprint density at radius 2 is 0.971 bits per heavy atom. The van der Waals surface area contributed by atoms with E-state index in [9.17, 15) is 0 Å². The molecule has 3 heterocycles. The van der Waals surface area contributed by atoms with Crippen LogP contribution in [0.4, 0.5) is 0 Å². The maximum Gasteiger partial charge on any atom is 3.00 e. The third-order valence-corrected chi connectivity index (χ3v) is 12.5. The Labute approximate surface area is 412 Å². The molecule has 11 rings (SSSR count). The fourth-order valence-corrected chi connectivity index (χ4v) is 8.89. The van der Waals surface area contributed by atoms with Gasteiger partial charge in [0.2, 0.25) is 0 Å². The standard InChI is InChI=1S/C63H45N4.Ir/c1-2-10-49(11-3-1)50-27-29-51(30-28-50)55-37-39-65-63(43-55)54-33-31-52(32-34-54)59-13-5-6-14-60(59)57-41-47(19-17-45-21-25-53(26-22-45)61-15-8-9-38-64-61)40-48(42-57)20-18-46-23-35-58(36-24-46)67-44-56-12-4-7-16-62(56)66-67;/h1-16,21-25,27-33,35,37-44H,17-20H2;/q-3;+3. The molecule has 0 spiro atoms. The molecule has 0 saturated heterocycles. The van der Waals surface area contributed by atoms with Gasteiger partial charge in [-0.3, -0.25) is 4.68 Å². The minimum absolute atomic E-state index is 0. The van der Waals surface area contributed by atoms with Crippen LogP contribution < -0.4 is 0 Å². The predicted molar refractivity (Wildman–Crippen MR) is 273 cm³/mol. The van der Waals surface area contributed by atoms with Gasteiger partial charge in [-0.15, -0.1) is 71.3 Å². The average Bonchev–Trinajstić information content (AvgIpc) is 3.85. The molecule has 4 nitrogen and oxygen atoms in total. The first-order chi connectivity index (χ1) is 33.1. The van der Waals surface area contributed by atoms with Crippen molar-refractivity contribution in [3.05, 3.63) is 265 Å². The molecule has 0 aliphatic rings. The summed E-state index contributed by atoms with van der Waals surface area (Å²) in [5.74, 6) is 0. The Bertz CT molecular complexity index is 3380. The van der Waals surface area contributed by atoms with Gasteiger partial charge in [-0.1, -0.05) is 157 Å². The van der Waals surface area contributed by atoms with Gasteiger partial charge in [-0.25, -0.2) is 0 Å². The normalized spacial score (nSPS) is 11.1. The largest absolute Gasteiger partial charge is 3.00 e. The molecule has 0 aliphatic heterocycles. The minimum Gasteiger partial charge on any atom is -0.305 e. The molecule has 8 aromatic carbocycles. The summed E-state index contributed by atoms with van der Waals surface area (Å²) in [6, 6.07) is 83.5. The van der Waals surface area contributed by atoms with Crippen molar-refractivity contribution in [1.82, 2.24) is 19.7 Å². The molecule has 11 aromatic rings. The molecule has 3 aromatic heterocycles. The molecule has 68 heavy (non-hydrogen) atoms. The van der Waals surface area contributed by atoms with E-state index in [4.69, 9.17) is 10.1 Å². The van der Waals surface area contributed by atoms with Crippen molar-refractivity contribution in [3.63, 3.8) is 0 Å². The maximum atomic E-state index is 4.77. The predicted octanol–water partition coefficient (Wildman–Crippen LogP) is 14.8. The zero-order chi connectivity index (χ0) is 44.8. The van der Waals surface area contributed by atoms with E-state index < -0.39 is 0 Å². The molecule has 0 fully saturated rings. The zero-order valence-corrected chi connectivity index (χ0v) is 39.7. The Hall–Kier alpha value is -7.82. The number of aromatic nitrogens is 4. The van der Waals surface area contributed by atoms with Crippen molar-refractivity contribution < 1.29 is 20.1 Å². The van der Waals surface area contributed by atoms with Gasteiger partial charge in [0.15, 0.2) is 0 Å². The summed E-state index contributed by atoms with van der Waals surface area (Å²) in [5.41, 5.74) is 20.2. The van der Waals surface area contributed by atoms with Crippen molar-refractivity contribution in [2.24, 2.45) is 0 Å². The van der Waals surface area contributed by atoms with E-state index in [1.807, 2.05) is 59.5 Å². The maximum absolute atomic E-state index is 4.77. The fraction of sp³-hybridized carbons (Fsp3) is 0.0635. The van der Waals surface area contributed by atoms with Crippen LogP contribution in [0, 0.1) is 18.2 Å². The number of nitrogens with zero attached hydrogens (tertiary/aromatic N) is 4. The van der Waals surface area contributed by atoms with Crippen LogP contribution >= 0.6 is 0 Å². The van der Waals surface area contributed by atoms with Gasteiger partial charge >= 0.3 is 20.1 Å². The average molecular weight is 1050 g/mol. The van der Waals surface area contributed by atoms with E-state index in [-0.39, 0.29) is 20.1 Å². The van der Waals surface area contributed by atoms with Gasteiger partial charge in [0.1, 0.15) is 0 Å². The Balaban J connectivity index is 0.00000539. The van der Waals surface area contributed by atoms with Gasteiger partial charge in [0, 0.05) is 24.0 Å². The minimum atomic E-state index is 0. The van der Waals surface area contributed by atoms with Crippen LogP contribution in [-0.2, 0) is 45.8 Å². The van der Waals surface area contributed by atoms with Crippen molar-refractivity contribution in [2.45, 2.75) is 25.7 Å². The van der Waals surface area contributed by atoms with Crippen LogP contribution in [0.3, 0.4) is 0 Å². The fourth-order valence-electron chi connectivity index (χ4n) is 8.89. The zero-order valence-electron chi connectivity index (χ0n) is 37.3. The smallest absolute Gasteiger partial charge is 0.305 e. The van der Waals surface area contributed by atoms with Crippen molar-refractivity contribution >= 4 is 10.9 Å². The van der Waals surface area contributed by atoms with Crippen molar-refractivity contribution in [1.29, 1.82) is 0 Å². The van der Waals surface area contributed by atoms with E-state index in [1.54, 1.807) is 0 Å². The number of hydrogen-bond donors (Lipinski definition) is 0. The van der Waals surface area contributed by atoms with E-state index in [1.165, 1.54) is 50.1 Å². The quantitative estimate of drug-likeness (QED) is 0.108. The number of hydrogen-bond acceptors (Lipinski definition) is 3. The van der Waals surface area contributed by atoms with Crippen LogP contribution in [0.5, 0.6) is 0 Å². The van der Waals surface area contributed by atoms with E-state index >= 15 is 0 Å².